The number of carbonyl (C=O) groups is 2. The quantitative estimate of drug-likeness (QED) is 0.307. The standard InChI is InChI=1S/C30H37NO5S/c1-17(2)27(24-12-13-25(37-24)28(33)31-16-23(32)29(34)35)36-22-14-18(3)26(19(4)15-22)20-8-10-21(11-9-20)30(5,6)7/h8-15,17,23,27,32H,16H2,1-7H3,(H,31,33)(H,34,35)/t23-,27?/m1/s1. The van der Waals surface area contributed by atoms with Gasteiger partial charge in [-0.15, -0.1) is 11.3 Å². The maximum atomic E-state index is 12.4. The molecule has 37 heavy (non-hydrogen) atoms. The number of ether oxygens (including phenoxy) is 1. The van der Waals surface area contributed by atoms with Crippen molar-refractivity contribution in [2.45, 2.75) is 66.1 Å². The molecule has 0 aliphatic carbocycles. The van der Waals surface area contributed by atoms with Gasteiger partial charge in [-0.3, -0.25) is 4.79 Å². The summed E-state index contributed by atoms with van der Waals surface area (Å²) in [6.45, 7) is 14.6. The van der Waals surface area contributed by atoms with Crippen LogP contribution in [-0.4, -0.2) is 34.7 Å². The Morgan fingerprint density at radius 2 is 1.59 bits per heavy atom. The molecule has 0 radical (unpaired) electrons. The van der Waals surface area contributed by atoms with E-state index in [0.29, 0.717) is 4.88 Å². The van der Waals surface area contributed by atoms with E-state index in [1.165, 1.54) is 28.0 Å². The Kier molecular flexibility index (Phi) is 8.82. The van der Waals surface area contributed by atoms with Crippen LogP contribution in [0.5, 0.6) is 5.75 Å². The van der Waals surface area contributed by atoms with Gasteiger partial charge in [-0.2, -0.15) is 0 Å². The SMILES string of the molecule is Cc1cc(OC(c2ccc(C(=O)NC[C@@H](O)C(=O)O)s2)C(C)C)cc(C)c1-c1ccc(C(C)(C)C)cc1. The summed E-state index contributed by atoms with van der Waals surface area (Å²) in [4.78, 5) is 24.5. The van der Waals surface area contributed by atoms with Crippen molar-refractivity contribution in [1.29, 1.82) is 0 Å². The summed E-state index contributed by atoms with van der Waals surface area (Å²) < 4.78 is 6.46. The number of rotatable bonds is 9. The highest BCUT2D eigenvalue weighted by Gasteiger charge is 2.23. The molecule has 0 aliphatic heterocycles. The first-order valence-corrected chi connectivity index (χ1v) is 13.3. The Bertz CT molecular complexity index is 1230. The van der Waals surface area contributed by atoms with Crippen molar-refractivity contribution in [3.63, 3.8) is 0 Å². The highest BCUT2D eigenvalue weighted by Crippen LogP contribution is 2.37. The third kappa shape index (κ3) is 6.99. The third-order valence-electron chi connectivity index (χ3n) is 6.29. The minimum absolute atomic E-state index is 0.105. The second-order valence-electron chi connectivity index (χ2n) is 10.8. The van der Waals surface area contributed by atoms with Crippen LogP contribution in [0.1, 0.15) is 72.0 Å². The van der Waals surface area contributed by atoms with Gasteiger partial charge in [0.05, 0.1) is 11.4 Å². The molecule has 3 aromatic rings. The molecule has 1 amide bonds. The molecule has 0 aliphatic rings. The maximum Gasteiger partial charge on any atom is 0.334 e. The van der Waals surface area contributed by atoms with E-state index in [4.69, 9.17) is 9.84 Å². The van der Waals surface area contributed by atoms with Crippen molar-refractivity contribution in [3.05, 3.63) is 75.0 Å². The fraction of sp³-hybridized carbons (Fsp3) is 0.400. The number of aliphatic carboxylic acids is 1. The van der Waals surface area contributed by atoms with Crippen LogP contribution in [-0.2, 0) is 10.2 Å². The molecular formula is C30H37NO5S. The largest absolute Gasteiger partial charge is 0.485 e. The highest BCUT2D eigenvalue weighted by molar-refractivity contribution is 7.14. The molecule has 0 saturated carbocycles. The highest BCUT2D eigenvalue weighted by atomic mass is 32.1. The number of carbonyl (C=O) groups excluding carboxylic acids is 1. The van der Waals surface area contributed by atoms with Crippen molar-refractivity contribution in [1.82, 2.24) is 5.32 Å². The summed E-state index contributed by atoms with van der Waals surface area (Å²) in [5, 5.41) is 20.7. The number of benzene rings is 2. The van der Waals surface area contributed by atoms with E-state index in [1.54, 1.807) is 6.07 Å². The molecule has 1 heterocycles. The van der Waals surface area contributed by atoms with Crippen molar-refractivity contribution in [2.75, 3.05) is 6.54 Å². The number of aryl methyl sites for hydroxylation is 2. The van der Waals surface area contributed by atoms with Gasteiger partial charge in [0.1, 0.15) is 11.9 Å². The van der Waals surface area contributed by atoms with Gasteiger partial charge in [-0.25, -0.2) is 4.79 Å². The molecule has 2 aromatic carbocycles. The second-order valence-corrected chi connectivity index (χ2v) is 11.9. The number of carboxylic acid groups (broad SMARTS) is 1. The lowest BCUT2D eigenvalue weighted by Crippen LogP contribution is -2.36. The number of nitrogens with one attached hydrogen (secondary N) is 1. The molecule has 3 N–H and O–H groups in total. The van der Waals surface area contributed by atoms with Gasteiger partial charge < -0.3 is 20.3 Å². The van der Waals surface area contributed by atoms with E-state index in [-0.39, 0.29) is 24.0 Å². The van der Waals surface area contributed by atoms with E-state index in [9.17, 15) is 14.7 Å². The number of hydrogen-bond donors (Lipinski definition) is 3. The summed E-state index contributed by atoms with van der Waals surface area (Å²) in [5.41, 5.74) is 6.04. The molecule has 7 heteroatoms. The van der Waals surface area contributed by atoms with Crippen LogP contribution in [0.15, 0.2) is 48.5 Å². The average Bonchev–Trinajstić information content (AvgIpc) is 3.30. The Hall–Kier alpha value is -3.16. The van der Waals surface area contributed by atoms with Gasteiger partial charge in [0.15, 0.2) is 6.10 Å². The number of amides is 1. The monoisotopic (exact) mass is 523 g/mol. The van der Waals surface area contributed by atoms with Crippen LogP contribution in [0.2, 0.25) is 0 Å². The van der Waals surface area contributed by atoms with Crippen molar-refractivity contribution in [2.24, 2.45) is 5.92 Å². The molecule has 0 bridgehead atoms. The summed E-state index contributed by atoms with van der Waals surface area (Å²) in [7, 11) is 0. The summed E-state index contributed by atoms with van der Waals surface area (Å²) in [6, 6.07) is 16.4. The zero-order valence-electron chi connectivity index (χ0n) is 22.6. The van der Waals surface area contributed by atoms with Gasteiger partial charge >= 0.3 is 5.97 Å². The smallest absolute Gasteiger partial charge is 0.334 e. The Balaban J connectivity index is 1.80. The zero-order valence-corrected chi connectivity index (χ0v) is 23.4. The predicted octanol–water partition coefficient (Wildman–Crippen LogP) is 6.28. The van der Waals surface area contributed by atoms with E-state index in [1.807, 2.05) is 6.07 Å². The predicted molar refractivity (Wildman–Crippen MR) is 149 cm³/mol. The Morgan fingerprint density at radius 1 is 1.00 bits per heavy atom. The lowest BCUT2D eigenvalue weighted by atomic mass is 9.85. The van der Waals surface area contributed by atoms with E-state index < -0.39 is 18.0 Å². The second kappa shape index (κ2) is 11.5. The van der Waals surface area contributed by atoms with Gasteiger partial charge in [0, 0.05) is 4.88 Å². The van der Waals surface area contributed by atoms with E-state index in [2.05, 4.69) is 90.2 Å². The van der Waals surface area contributed by atoms with Crippen LogP contribution >= 0.6 is 11.3 Å². The maximum absolute atomic E-state index is 12.4. The normalized spacial score (nSPS) is 13.3. The molecule has 198 valence electrons. The van der Waals surface area contributed by atoms with Crippen LogP contribution in [0.3, 0.4) is 0 Å². The van der Waals surface area contributed by atoms with Crippen molar-refractivity contribution in [3.8, 4) is 16.9 Å². The van der Waals surface area contributed by atoms with Crippen LogP contribution in [0.4, 0.5) is 0 Å². The van der Waals surface area contributed by atoms with Crippen LogP contribution in [0, 0.1) is 19.8 Å². The first kappa shape index (κ1) is 28.4. The number of aliphatic hydroxyl groups excluding tert-OH is 1. The number of carboxylic acids is 1. The van der Waals surface area contributed by atoms with Gasteiger partial charge in [-0.1, -0.05) is 58.9 Å². The van der Waals surface area contributed by atoms with Crippen molar-refractivity contribution >= 4 is 23.2 Å². The lowest BCUT2D eigenvalue weighted by molar-refractivity contribution is -0.146. The van der Waals surface area contributed by atoms with E-state index in [0.717, 1.165) is 21.8 Å². The topological polar surface area (TPSA) is 95.9 Å². The van der Waals surface area contributed by atoms with Gasteiger partial charge in [-0.05, 0) is 77.3 Å². The first-order valence-electron chi connectivity index (χ1n) is 12.5. The molecule has 0 spiro atoms. The number of thiophene rings is 1. The Morgan fingerprint density at radius 3 is 2.11 bits per heavy atom. The minimum Gasteiger partial charge on any atom is -0.485 e. The molecule has 1 unspecified atom stereocenters. The van der Waals surface area contributed by atoms with Crippen LogP contribution < -0.4 is 10.1 Å². The van der Waals surface area contributed by atoms with Crippen molar-refractivity contribution < 1.29 is 24.5 Å². The molecule has 2 atom stereocenters. The first-order chi connectivity index (χ1) is 17.3. The van der Waals surface area contributed by atoms with Gasteiger partial charge in [0.25, 0.3) is 5.91 Å². The lowest BCUT2D eigenvalue weighted by Gasteiger charge is -2.23. The van der Waals surface area contributed by atoms with E-state index >= 15 is 0 Å². The fourth-order valence-corrected chi connectivity index (χ4v) is 5.37. The molecule has 1 aromatic heterocycles. The molecule has 0 fully saturated rings. The zero-order chi connectivity index (χ0) is 27.5. The fourth-order valence-electron chi connectivity index (χ4n) is 4.24. The third-order valence-corrected chi connectivity index (χ3v) is 7.43. The summed E-state index contributed by atoms with van der Waals surface area (Å²) >= 11 is 1.30. The minimum atomic E-state index is -1.64. The molecular weight excluding hydrogens is 486 g/mol. The molecule has 6 nitrogen and oxygen atoms in total. The van der Waals surface area contributed by atoms with Gasteiger partial charge in [0.2, 0.25) is 0 Å². The van der Waals surface area contributed by atoms with Crippen LogP contribution in [0.25, 0.3) is 11.1 Å². The number of aliphatic hydroxyl groups is 1. The Labute approximate surface area is 223 Å². The summed E-state index contributed by atoms with van der Waals surface area (Å²) in [5.74, 6) is -0.882. The molecule has 3 rings (SSSR count). The summed E-state index contributed by atoms with van der Waals surface area (Å²) in [6.07, 6.45) is -1.90. The average molecular weight is 524 g/mol. The molecule has 0 saturated heterocycles. The number of hydrogen-bond acceptors (Lipinski definition) is 5.